The average Bonchev–Trinajstić information content (AvgIpc) is 3.35. The number of benzene rings is 1. The van der Waals surface area contributed by atoms with E-state index < -0.39 is 5.97 Å². The highest BCUT2D eigenvalue weighted by Gasteiger charge is 2.22. The summed E-state index contributed by atoms with van der Waals surface area (Å²) in [7, 11) is 0. The second kappa shape index (κ2) is 10.6. The highest BCUT2D eigenvalue weighted by atomic mass is 32.2. The number of anilines is 1. The molecular weight excluding hydrogens is 438 g/mol. The van der Waals surface area contributed by atoms with Crippen molar-refractivity contribution in [2.24, 2.45) is 0 Å². The van der Waals surface area contributed by atoms with Gasteiger partial charge in [0.1, 0.15) is 28.3 Å². The number of para-hydroxylation sites is 1. The van der Waals surface area contributed by atoms with Crippen molar-refractivity contribution in [1.29, 1.82) is 5.26 Å². The van der Waals surface area contributed by atoms with Gasteiger partial charge in [0.15, 0.2) is 5.82 Å². The van der Waals surface area contributed by atoms with E-state index in [1.54, 1.807) is 13.8 Å². The summed E-state index contributed by atoms with van der Waals surface area (Å²) in [6.45, 7) is 3.80. The Labute approximate surface area is 186 Å². The molecule has 31 heavy (non-hydrogen) atoms. The first-order chi connectivity index (χ1) is 15.0. The topological polar surface area (TPSA) is 130 Å². The number of amides is 1. The van der Waals surface area contributed by atoms with Gasteiger partial charge >= 0.3 is 5.97 Å². The van der Waals surface area contributed by atoms with Crippen LogP contribution in [0.15, 0.2) is 35.5 Å². The van der Waals surface area contributed by atoms with Crippen molar-refractivity contribution in [2.45, 2.75) is 25.6 Å². The van der Waals surface area contributed by atoms with Gasteiger partial charge in [0.2, 0.25) is 11.1 Å². The fraction of sp³-hybridized carbons (Fsp3) is 0.250. The molecule has 0 bridgehead atoms. The maximum Gasteiger partial charge on any atom is 0.348 e. The number of nitrogens with one attached hydrogen (secondary N) is 2. The average molecular weight is 458 g/mol. The predicted molar refractivity (Wildman–Crippen MR) is 116 cm³/mol. The van der Waals surface area contributed by atoms with Gasteiger partial charge in [-0.2, -0.15) is 5.26 Å². The Bertz CT molecular complexity index is 1100. The number of hydrogen-bond donors (Lipinski definition) is 2. The number of rotatable bonds is 9. The van der Waals surface area contributed by atoms with Gasteiger partial charge < -0.3 is 14.8 Å². The van der Waals surface area contributed by atoms with Crippen LogP contribution in [0.1, 0.15) is 33.5 Å². The quantitative estimate of drug-likeness (QED) is 0.369. The van der Waals surface area contributed by atoms with E-state index in [1.807, 2.05) is 36.4 Å². The van der Waals surface area contributed by atoms with Gasteiger partial charge in [-0.15, -0.1) is 16.4 Å². The molecule has 1 amide bonds. The van der Waals surface area contributed by atoms with E-state index in [-0.39, 0.29) is 30.4 Å². The van der Waals surface area contributed by atoms with Gasteiger partial charge in [0.25, 0.3) is 0 Å². The minimum atomic E-state index is -0.512. The molecule has 0 radical (unpaired) electrons. The first-order valence-corrected chi connectivity index (χ1v) is 11.0. The second-order valence-corrected chi connectivity index (χ2v) is 8.06. The Morgan fingerprint density at radius 2 is 2.10 bits per heavy atom. The third-order valence-electron chi connectivity index (χ3n) is 3.93. The minimum absolute atomic E-state index is 0.0351. The maximum atomic E-state index is 12.3. The number of ether oxygens (including phenoxy) is 2. The standard InChI is InChI=1S/C20H19N5O4S2/c1-3-28-19(27)17-12(2)14(9-21)18(31-17)23-16(26)11-30-20-22-15(24-25-20)10-29-13-7-5-4-6-8-13/h4-8H,3,10-11H2,1-2H3,(H,23,26)(H,22,24,25). The van der Waals surface area contributed by atoms with Crippen molar-refractivity contribution in [3.8, 4) is 11.8 Å². The van der Waals surface area contributed by atoms with Gasteiger partial charge in [-0.1, -0.05) is 30.0 Å². The number of thiophene rings is 1. The first-order valence-electron chi connectivity index (χ1n) is 9.24. The van der Waals surface area contributed by atoms with Crippen molar-refractivity contribution in [3.63, 3.8) is 0 Å². The monoisotopic (exact) mass is 457 g/mol. The fourth-order valence-electron chi connectivity index (χ4n) is 2.50. The number of carbonyl (C=O) groups is 2. The summed E-state index contributed by atoms with van der Waals surface area (Å²) in [6, 6.07) is 11.4. The molecule has 0 saturated carbocycles. The fourth-order valence-corrected chi connectivity index (χ4v) is 4.18. The lowest BCUT2D eigenvalue weighted by molar-refractivity contribution is -0.113. The Morgan fingerprint density at radius 3 is 2.81 bits per heavy atom. The van der Waals surface area contributed by atoms with E-state index in [0.717, 1.165) is 23.1 Å². The Balaban J connectivity index is 1.55. The van der Waals surface area contributed by atoms with Crippen LogP contribution in [-0.4, -0.2) is 39.4 Å². The summed E-state index contributed by atoms with van der Waals surface area (Å²) in [4.78, 5) is 29.0. The Kier molecular flexibility index (Phi) is 7.64. The summed E-state index contributed by atoms with van der Waals surface area (Å²) < 4.78 is 10.6. The summed E-state index contributed by atoms with van der Waals surface area (Å²) in [5.74, 6) is 0.431. The molecule has 1 aromatic carbocycles. The number of esters is 1. The number of hydrogen-bond acceptors (Lipinski definition) is 9. The maximum absolute atomic E-state index is 12.3. The molecule has 3 rings (SSSR count). The zero-order valence-electron chi connectivity index (χ0n) is 16.8. The van der Waals surface area contributed by atoms with Crippen molar-refractivity contribution in [1.82, 2.24) is 15.2 Å². The van der Waals surface area contributed by atoms with Crippen LogP contribution in [0, 0.1) is 18.3 Å². The third kappa shape index (κ3) is 5.84. The molecule has 0 aliphatic rings. The first kappa shape index (κ1) is 22.3. The highest BCUT2D eigenvalue weighted by Crippen LogP contribution is 2.33. The van der Waals surface area contributed by atoms with Crippen LogP contribution < -0.4 is 10.1 Å². The number of carbonyl (C=O) groups excluding carboxylic acids is 2. The molecule has 9 nitrogen and oxygen atoms in total. The van der Waals surface area contributed by atoms with Crippen LogP contribution in [0.25, 0.3) is 0 Å². The summed E-state index contributed by atoms with van der Waals surface area (Å²) in [6.07, 6.45) is 0. The van der Waals surface area contributed by atoms with Crippen molar-refractivity contribution < 1.29 is 19.1 Å². The smallest absolute Gasteiger partial charge is 0.348 e. The molecule has 0 spiro atoms. The van der Waals surface area contributed by atoms with Gasteiger partial charge in [-0.05, 0) is 31.5 Å². The van der Waals surface area contributed by atoms with E-state index in [1.165, 1.54) is 0 Å². The molecule has 11 heteroatoms. The van der Waals surface area contributed by atoms with Gasteiger partial charge in [-0.3, -0.25) is 9.89 Å². The second-order valence-electron chi connectivity index (χ2n) is 6.10. The molecule has 2 aromatic heterocycles. The number of thioether (sulfide) groups is 1. The lowest BCUT2D eigenvalue weighted by Crippen LogP contribution is -2.14. The van der Waals surface area contributed by atoms with Crippen LogP contribution in [0.5, 0.6) is 5.75 Å². The van der Waals surface area contributed by atoms with Crippen LogP contribution in [0.4, 0.5) is 5.00 Å². The minimum Gasteiger partial charge on any atom is -0.486 e. The van der Waals surface area contributed by atoms with Crippen LogP contribution in [0.2, 0.25) is 0 Å². The van der Waals surface area contributed by atoms with Crippen LogP contribution in [0.3, 0.4) is 0 Å². The van der Waals surface area contributed by atoms with Crippen LogP contribution >= 0.6 is 23.1 Å². The van der Waals surface area contributed by atoms with E-state index in [2.05, 4.69) is 20.5 Å². The molecule has 0 fully saturated rings. The van der Waals surface area contributed by atoms with E-state index in [0.29, 0.717) is 32.2 Å². The number of aromatic amines is 1. The Morgan fingerprint density at radius 1 is 1.32 bits per heavy atom. The molecule has 0 saturated heterocycles. The molecule has 3 aromatic rings. The molecule has 2 N–H and O–H groups in total. The van der Waals surface area contributed by atoms with Gasteiger partial charge in [0, 0.05) is 0 Å². The third-order valence-corrected chi connectivity index (χ3v) is 5.97. The number of nitriles is 1. The predicted octanol–water partition coefficient (Wildman–Crippen LogP) is 3.53. The summed E-state index contributed by atoms with van der Waals surface area (Å²) in [5, 5.41) is 19.6. The van der Waals surface area contributed by atoms with Crippen LogP contribution in [-0.2, 0) is 16.1 Å². The number of nitrogens with zero attached hydrogens (tertiary/aromatic N) is 3. The molecule has 0 aliphatic carbocycles. The molecule has 0 atom stereocenters. The SMILES string of the molecule is CCOC(=O)c1sc(NC(=O)CSc2n[nH]c(COc3ccccc3)n2)c(C#N)c1C. The van der Waals surface area contributed by atoms with Crippen molar-refractivity contribution in [2.75, 3.05) is 17.7 Å². The Hall–Kier alpha value is -3.36. The van der Waals surface area contributed by atoms with E-state index in [4.69, 9.17) is 9.47 Å². The molecule has 0 aliphatic heterocycles. The molecule has 160 valence electrons. The zero-order valence-corrected chi connectivity index (χ0v) is 18.4. The molecule has 0 unspecified atom stereocenters. The normalized spacial score (nSPS) is 10.4. The lowest BCUT2D eigenvalue weighted by Gasteiger charge is -2.02. The van der Waals surface area contributed by atoms with Gasteiger partial charge in [0.05, 0.1) is 17.9 Å². The summed E-state index contributed by atoms with van der Waals surface area (Å²) in [5.41, 5.74) is 0.746. The zero-order chi connectivity index (χ0) is 22.2. The van der Waals surface area contributed by atoms with Crippen molar-refractivity contribution >= 4 is 40.0 Å². The van der Waals surface area contributed by atoms with Crippen molar-refractivity contribution in [3.05, 3.63) is 52.2 Å². The highest BCUT2D eigenvalue weighted by molar-refractivity contribution is 7.99. The molecular formula is C20H19N5O4S2. The molecule has 2 heterocycles. The summed E-state index contributed by atoms with van der Waals surface area (Å²) >= 11 is 2.16. The van der Waals surface area contributed by atoms with E-state index >= 15 is 0 Å². The largest absolute Gasteiger partial charge is 0.486 e. The number of aromatic nitrogens is 3. The van der Waals surface area contributed by atoms with Gasteiger partial charge in [-0.25, -0.2) is 9.78 Å². The number of H-pyrrole nitrogens is 1. The van der Waals surface area contributed by atoms with E-state index in [9.17, 15) is 14.9 Å². The lowest BCUT2D eigenvalue weighted by atomic mass is 10.2.